The average molecular weight is 488 g/mol. The summed E-state index contributed by atoms with van der Waals surface area (Å²) in [6.45, 7) is 16.3. The molecule has 2 rings (SSSR count). The van der Waals surface area contributed by atoms with E-state index in [1.54, 1.807) is 0 Å². The van der Waals surface area contributed by atoms with E-state index in [2.05, 4.69) is 52.3 Å². The van der Waals surface area contributed by atoms with Gasteiger partial charge in [-0.2, -0.15) is 0 Å². The van der Waals surface area contributed by atoms with Crippen molar-refractivity contribution in [2.24, 2.45) is 10.9 Å². The minimum atomic E-state index is 0. The number of halogens is 1. The van der Waals surface area contributed by atoms with Crippen LogP contribution in [0.2, 0.25) is 0 Å². The third-order valence-corrected chi connectivity index (χ3v) is 4.79. The Balaban J connectivity index is 0.00000364. The smallest absolute Gasteiger partial charge is 0.191 e. The molecule has 1 fully saturated rings. The van der Waals surface area contributed by atoms with Gasteiger partial charge in [-0.1, -0.05) is 19.9 Å². The van der Waals surface area contributed by atoms with Crippen LogP contribution >= 0.6 is 24.0 Å². The molecule has 2 heterocycles. The maximum absolute atomic E-state index is 4.78. The van der Waals surface area contributed by atoms with E-state index < -0.39 is 0 Å². The third-order valence-electron chi connectivity index (χ3n) is 4.79. The van der Waals surface area contributed by atoms with Crippen LogP contribution in [0.5, 0.6) is 0 Å². The Morgan fingerprint density at radius 1 is 1.15 bits per heavy atom. The molecule has 6 nitrogen and oxygen atoms in total. The van der Waals surface area contributed by atoms with E-state index in [1.165, 1.54) is 32.7 Å². The standard InChI is InChI=1S/C20H36N6.HI/c1-4-21-20(23-11-9-19-8-6-7-10-22-19)24-16-18(3)17-26-14-12-25(5-2)13-15-26;/h6-8,10,18H,4-5,9,11-17H2,1-3H3,(H2,21,23,24);1H. The molecule has 1 aliphatic rings. The molecule has 0 saturated carbocycles. The van der Waals surface area contributed by atoms with Gasteiger partial charge in [0.05, 0.1) is 0 Å². The van der Waals surface area contributed by atoms with Gasteiger partial charge in [-0.25, -0.2) is 0 Å². The van der Waals surface area contributed by atoms with Crippen molar-refractivity contribution >= 4 is 29.9 Å². The van der Waals surface area contributed by atoms with Crippen molar-refractivity contribution in [2.75, 3.05) is 58.9 Å². The van der Waals surface area contributed by atoms with Crippen LogP contribution in [0.3, 0.4) is 0 Å². The van der Waals surface area contributed by atoms with E-state index in [0.29, 0.717) is 5.92 Å². The number of aliphatic imine (C=N–C) groups is 1. The van der Waals surface area contributed by atoms with E-state index in [1.807, 2.05) is 18.3 Å². The second kappa shape index (κ2) is 14.1. The lowest BCUT2D eigenvalue weighted by molar-refractivity contribution is 0.125. The first-order valence-corrected chi connectivity index (χ1v) is 10.1. The predicted octanol–water partition coefficient (Wildman–Crippen LogP) is 2.07. The highest BCUT2D eigenvalue weighted by atomic mass is 127. The van der Waals surface area contributed by atoms with Crippen LogP contribution in [0, 0.1) is 5.92 Å². The van der Waals surface area contributed by atoms with Gasteiger partial charge in [0.25, 0.3) is 0 Å². The molecule has 1 aromatic rings. The van der Waals surface area contributed by atoms with Gasteiger partial charge in [0.1, 0.15) is 0 Å². The highest BCUT2D eigenvalue weighted by Crippen LogP contribution is 2.06. The van der Waals surface area contributed by atoms with E-state index in [-0.39, 0.29) is 24.0 Å². The van der Waals surface area contributed by atoms with E-state index >= 15 is 0 Å². The van der Waals surface area contributed by atoms with Gasteiger partial charge in [0.15, 0.2) is 5.96 Å². The Morgan fingerprint density at radius 3 is 2.52 bits per heavy atom. The lowest BCUT2D eigenvalue weighted by Gasteiger charge is -2.35. The number of pyridine rings is 1. The molecule has 27 heavy (non-hydrogen) atoms. The van der Waals surface area contributed by atoms with E-state index in [4.69, 9.17) is 4.99 Å². The molecule has 0 aromatic carbocycles. The number of likely N-dealkylation sites (N-methyl/N-ethyl adjacent to an activating group) is 1. The summed E-state index contributed by atoms with van der Waals surface area (Å²) in [5.41, 5.74) is 1.11. The first-order chi connectivity index (χ1) is 12.7. The van der Waals surface area contributed by atoms with Gasteiger partial charge in [0.2, 0.25) is 0 Å². The molecule has 1 saturated heterocycles. The summed E-state index contributed by atoms with van der Waals surface area (Å²) >= 11 is 0. The van der Waals surface area contributed by atoms with Crippen molar-refractivity contribution in [2.45, 2.75) is 27.2 Å². The van der Waals surface area contributed by atoms with Crippen molar-refractivity contribution in [1.29, 1.82) is 0 Å². The number of nitrogens with zero attached hydrogens (tertiary/aromatic N) is 4. The number of hydrogen-bond acceptors (Lipinski definition) is 4. The van der Waals surface area contributed by atoms with Crippen LogP contribution in [0.4, 0.5) is 0 Å². The molecule has 1 aliphatic heterocycles. The Kier molecular flexibility index (Phi) is 12.6. The summed E-state index contributed by atoms with van der Waals surface area (Å²) in [6.07, 6.45) is 2.75. The molecule has 0 radical (unpaired) electrons. The topological polar surface area (TPSA) is 55.8 Å². The largest absolute Gasteiger partial charge is 0.357 e. The molecule has 1 aromatic heterocycles. The number of piperazine rings is 1. The summed E-state index contributed by atoms with van der Waals surface area (Å²) in [4.78, 5) is 14.2. The molecule has 0 bridgehead atoms. The fourth-order valence-electron chi connectivity index (χ4n) is 3.23. The molecule has 0 aliphatic carbocycles. The Morgan fingerprint density at radius 2 is 1.89 bits per heavy atom. The van der Waals surface area contributed by atoms with Crippen LogP contribution < -0.4 is 10.6 Å². The highest BCUT2D eigenvalue weighted by Gasteiger charge is 2.17. The van der Waals surface area contributed by atoms with Crippen LogP contribution in [-0.4, -0.2) is 79.6 Å². The zero-order chi connectivity index (χ0) is 18.6. The molecular formula is C20H37IN6. The van der Waals surface area contributed by atoms with Crippen LogP contribution in [0.1, 0.15) is 26.5 Å². The second-order valence-electron chi connectivity index (χ2n) is 7.06. The lowest BCUT2D eigenvalue weighted by atomic mass is 10.1. The van der Waals surface area contributed by atoms with E-state index in [0.717, 1.165) is 44.3 Å². The molecule has 7 heteroatoms. The van der Waals surface area contributed by atoms with Gasteiger partial charge >= 0.3 is 0 Å². The van der Waals surface area contributed by atoms with Crippen molar-refractivity contribution in [1.82, 2.24) is 25.4 Å². The maximum atomic E-state index is 4.78. The summed E-state index contributed by atoms with van der Waals surface area (Å²) < 4.78 is 0. The van der Waals surface area contributed by atoms with Gasteiger partial charge in [-0.3, -0.25) is 9.98 Å². The zero-order valence-corrected chi connectivity index (χ0v) is 19.5. The first-order valence-electron chi connectivity index (χ1n) is 10.1. The van der Waals surface area contributed by atoms with Crippen molar-refractivity contribution < 1.29 is 0 Å². The number of rotatable bonds is 9. The first kappa shape index (κ1) is 24.1. The minimum Gasteiger partial charge on any atom is -0.357 e. The lowest BCUT2D eigenvalue weighted by Crippen LogP contribution is -2.47. The van der Waals surface area contributed by atoms with Gasteiger partial charge in [0, 0.05) is 70.7 Å². The molecule has 0 amide bonds. The summed E-state index contributed by atoms with van der Waals surface area (Å²) in [5, 5.41) is 6.76. The Labute approximate surface area is 182 Å². The molecule has 154 valence electrons. The molecule has 1 atom stereocenters. The average Bonchev–Trinajstić information content (AvgIpc) is 2.67. The summed E-state index contributed by atoms with van der Waals surface area (Å²) in [5.74, 6) is 1.47. The molecule has 0 spiro atoms. The van der Waals surface area contributed by atoms with Crippen molar-refractivity contribution in [3.05, 3.63) is 30.1 Å². The predicted molar refractivity (Wildman–Crippen MR) is 125 cm³/mol. The fourth-order valence-corrected chi connectivity index (χ4v) is 3.23. The van der Waals surface area contributed by atoms with Crippen molar-refractivity contribution in [3.8, 4) is 0 Å². The molecule has 1 unspecified atom stereocenters. The van der Waals surface area contributed by atoms with Gasteiger partial charge < -0.3 is 20.4 Å². The van der Waals surface area contributed by atoms with Crippen LogP contribution in [0.15, 0.2) is 29.4 Å². The van der Waals surface area contributed by atoms with Crippen LogP contribution in [0.25, 0.3) is 0 Å². The quantitative estimate of drug-likeness (QED) is 0.317. The zero-order valence-electron chi connectivity index (χ0n) is 17.2. The third kappa shape index (κ3) is 9.71. The summed E-state index contributed by atoms with van der Waals surface area (Å²) in [6, 6.07) is 6.04. The normalized spacial score (nSPS) is 17.2. The van der Waals surface area contributed by atoms with Gasteiger partial charge in [-0.05, 0) is 31.5 Å². The van der Waals surface area contributed by atoms with Crippen LogP contribution in [-0.2, 0) is 6.42 Å². The van der Waals surface area contributed by atoms with Gasteiger partial charge in [-0.15, -0.1) is 24.0 Å². The van der Waals surface area contributed by atoms with E-state index in [9.17, 15) is 0 Å². The second-order valence-corrected chi connectivity index (χ2v) is 7.06. The fraction of sp³-hybridized carbons (Fsp3) is 0.700. The number of aromatic nitrogens is 1. The maximum Gasteiger partial charge on any atom is 0.191 e. The SMILES string of the molecule is CCNC(=NCC(C)CN1CCN(CC)CC1)NCCc1ccccn1.I. The Bertz CT molecular complexity index is 516. The monoisotopic (exact) mass is 488 g/mol. The molecule has 2 N–H and O–H groups in total. The number of hydrogen-bond donors (Lipinski definition) is 2. The molecular weight excluding hydrogens is 451 g/mol. The van der Waals surface area contributed by atoms with Crippen molar-refractivity contribution in [3.63, 3.8) is 0 Å². The summed E-state index contributed by atoms with van der Waals surface area (Å²) in [7, 11) is 0. The number of nitrogens with one attached hydrogen (secondary N) is 2. The Hall–Kier alpha value is -0.930. The highest BCUT2D eigenvalue weighted by molar-refractivity contribution is 14.0. The minimum absolute atomic E-state index is 0. The number of guanidine groups is 1.